The van der Waals surface area contributed by atoms with Crippen molar-refractivity contribution in [2.75, 3.05) is 19.6 Å². The van der Waals surface area contributed by atoms with E-state index in [0.717, 1.165) is 44.7 Å². The van der Waals surface area contributed by atoms with Crippen LogP contribution in [0.3, 0.4) is 0 Å². The Kier molecular flexibility index (Phi) is 5.88. The monoisotopic (exact) mass is 280 g/mol. The summed E-state index contributed by atoms with van der Waals surface area (Å²) in [4.78, 5) is 12.6. The van der Waals surface area contributed by atoms with E-state index < -0.39 is 0 Å². The molecule has 3 heteroatoms. The van der Waals surface area contributed by atoms with E-state index in [1.54, 1.807) is 0 Å². The van der Waals surface area contributed by atoms with Crippen molar-refractivity contribution in [3.05, 3.63) is 0 Å². The van der Waals surface area contributed by atoms with Gasteiger partial charge in [-0.05, 0) is 63.5 Å². The Morgan fingerprint density at radius 2 is 2.05 bits per heavy atom. The average Bonchev–Trinajstić information content (AvgIpc) is 2.89. The standard InChI is InChI=1S/C17H32N2O/c1-14(2)12-17(8-3-4-9-17)16(20)19-11-7-15-6-5-10-18-13-15/h14-15,18H,3-13H2,1-2H3,(H,19,20). The van der Waals surface area contributed by atoms with Gasteiger partial charge in [0.2, 0.25) is 5.91 Å². The summed E-state index contributed by atoms with van der Waals surface area (Å²) < 4.78 is 0. The van der Waals surface area contributed by atoms with Crippen LogP contribution < -0.4 is 10.6 Å². The molecule has 0 spiro atoms. The molecule has 116 valence electrons. The van der Waals surface area contributed by atoms with Crippen LogP contribution in [0.1, 0.15) is 65.2 Å². The third-order valence-electron chi connectivity index (χ3n) is 5.08. The zero-order chi connectivity index (χ0) is 14.4. The van der Waals surface area contributed by atoms with E-state index >= 15 is 0 Å². The second kappa shape index (κ2) is 7.44. The fraction of sp³-hybridized carbons (Fsp3) is 0.941. The van der Waals surface area contributed by atoms with Crippen LogP contribution in [-0.4, -0.2) is 25.5 Å². The Balaban J connectivity index is 1.76. The molecule has 1 aliphatic heterocycles. The summed E-state index contributed by atoms with van der Waals surface area (Å²) in [5.74, 6) is 1.71. The number of amides is 1. The normalized spacial score (nSPS) is 25.9. The molecule has 1 aliphatic carbocycles. The lowest BCUT2D eigenvalue weighted by Crippen LogP contribution is -2.41. The highest BCUT2D eigenvalue weighted by Crippen LogP contribution is 2.43. The van der Waals surface area contributed by atoms with Gasteiger partial charge in [-0.15, -0.1) is 0 Å². The quantitative estimate of drug-likeness (QED) is 0.785. The van der Waals surface area contributed by atoms with E-state index in [9.17, 15) is 4.79 Å². The third-order valence-corrected chi connectivity index (χ3v) is 5.08. The Labute approximate surface area is 124 Å². The lowest BCUT2D eigenvalue weighted by atomic mass is 9.77. The molecule has 1 atom stereocenters. The highest BCUT2D eigenvalue weighted by atomic mass is 16.2. The van der Waals surface area contributed by atoms with Crippen molar-refractivity contribution in [2.45, 2.75) is 65.2 Å². The summed E-state index contributed by atoms with van der Waals surface area (Å²) in [5, 5.41) is 6.70. The Morgan fingerprint density at radius 3 is 2.65 bits per heavy atom. The van der Waals surface area contributed by atoms with Gasteiger partial charge in [0, 0.05) is 12.0 Å². The number of nitrogens with one attached hydrogen (secondary N) is 2. The molecule has 0 aromatic heterocycles. The Hall–Kier alpha value is -0.570. The van der Waals surface area contributed by atoms with E-state index in [4.69, 9.17) is 0 Å². The van der Waals surface area contributed by atoms with Crippen LogP contribution in [0.15, 0.2) is 0 Å². The van der Waals surface area contributed by atoms with Crippen molar-refractivity contribution in [2.24, 2.45) is 17.3 Å². The number of carbonyl (C=O) groups excluding carboxylic acids is 1. The van der Waals surface area contributed by atoms with Gasteiger partial charge in [-0.25, -0.2) is 0 Å². The highest BCUT2D eigenvalue weighted by Gasteiger charge is 2.41. The van der Waals surface area contributed by atoms with Gasteiger partial charge in [0.05, 0.1) is 0 Å². The van der Waals surface area contributed by atoms with Crippen molar-refractivity contribution >= 4 is 5.91 Å². The first kappa shape index (κ1) is 15.8. The number of carbonyl (C=O) groups is 1. The van der Waals surface area contributed by atoms with Crippen LogP contribution in [0.2, 0.25) is 0 Å². The van der Waals surface area contributed by atoms with Crippen molar-refractivity contribution in [1.82, 2.24) is 10.6 Å². The molecule has 2 rings (SSSR count). The van der Waals surface area contributed by atoms with Gasteiger partial charge in [-0.1, -0.05) is 26.7 Å². The maximum absolute atomic E-state index is 12.6. The molecule has 0 aromatic rings. The SMILES string of the molecule is CC(C)CC1(C(=O)NCCC2CCCNC2)CCCC1. The van der Waals surface area contributed by atoms with Crippen LogP contribution in [0, 0.1) is 17.3 Å². The molecule has 20 heavy (non-hydrogen) atoms. The van der Waals surface area contributed by atoms with Crippen LogP contribution in [0.25, 0.3) is 0 Å². The first-order chi connectivity index (χ1) is 9.62. The fourth-order valence-corrected chi connectivity index (χ4v) is 4.10. The van der Waals surface area contributed by atoms with Crippen molar-refractivity contribution in [1.29, 1.82) is 0 Å². The lowest BCUT2D eigenvalue weighted by molar-refractivity contribution is -0.131. The van der Waals surface area contributed by atoms with Crippen LogP contribution in [-0.2, 0) is 4.79 Å². The van der Waals surface area contributed by atoms with Gasteiger partial charge in [-0.2, -0.15) is 0 Å². The molecule has 2 aliphatic rings. The van der Waals surface area contributed by atoms with E-state index in [2.05, 4.69) is 24.5 Å². The highest BCUT2D eigenvalue weighted by molar-refractivity contribution is 5.82. The van der Waals surface area contributed by atoms with Crippen LogP contribution in [0.4, 0.5) is 0 Å². The molecule has 0 aromatic carbocycles. The predicted molar refractivity (Wildman–Crippen MR) is 83.6 cm³/mol. The number of rotatable bonds is 6. The Bertz CT molecular complexity index is 302. The zero-order valence-electron chi connectivity index (χ0n) is 13.3. The maximum Gasteiger partial charge on any atom is 0.226 e. The lowest BCUT2D eigenvalue weighted by Gasteiger charge is -2.30. The second-order valence-electron chi connectivity index (χ2n) is 7.34. The Morgan fingerprint density at radius 1 is 1.30 bits per heavy atom. The minimum atomic E-state index is -0.0427. The second-order valence-corrected chi connectivity index (χ2v) is 7.34. The van der Waals surface area contributed by atoms with Crippen molar-refractivity contribution in [3.63, 3.8) is 0 Å². The first-order valence-corrected chi connectivity index (χ1v) is 8.61. The molecule has 0 bridgehead atoms. The zero-order valence-corrected chi connectivity index (χ0v) is 13.3. The van der Waals surface area contributed by atoms with Crippen molar-refractivity contribution < 1.29 is 4.79 Å². The number of hydrogen-bond donors (Lipinski definition) is 2. The van der Waals surface area contributed by atoms with Gasteiger partial charge in [0.15, 0.2) is 0 Å². The summed E-state index contributed by atoms with van der Waals surface area (Å²) in [7, 11) is 0. The third kappa shape index (κ3) is 4.21. The molecular weight excluding hydrogens is 248 g/mol. The van der Waals surface area contributed by atoms with E-state index in [1.165, 1.54) is 32.2 Å². The molecule has 1 heterocycles. The number of hydrogen-bond acceptors (Lipinski definition) is 2. The minimum absolute atomic E-state index is 0.0427. The van der Waals surface area contributed by atoms with Crippen LogP contribution >= 0.6 is 0 Å². The molecule has 1 amide bonds. The fourth-order valence-electron chi connectivity index (χ4n) is 4.10. The molecule has 1 unspecified atom stereocenters. The van der Waals surface area contributed by atoms with Gasteiger partial charge in [0.1, 0.15) is 0 Å². The van der Waals surface area contributed by atoms with Gasteiger partial charge in [0.25, 0.3) is 0 Å². The molecule has 1 saturated carbocycles. The summed E-state index contributed by atoms with van der Waals surface area (Å²) in [6.07, 6.45) is 9.46. The molecule has 2 fully saturated rings. The van der Waals surface area contributed by atoms with Crippen molar-refractivity contribution in [3.8, 4) is 0 Å². The largest absolute Gasteiger partial charge is 0.356 e. The predicted octanol–water partition coefficient (Wildman–Crippen LogP) is 3.10. The minimum Gasteiger partial charge on any atom is -0.356 e. The summed E-state index contributed by atoms with van der Waals surface area (Å²) in [6, 6.07) is 0. The van der Waals surface area contributed by atoms with E-state index in [-0.39, 0.29) is 5.41 Å². The maximum atomic E-state index is 12.6. The number of piperidine rings is 1. The molecule has 2 N–H and O–H groups in total. The smallest absolute Gasteiger partial charge is 0.226 e. The van der Waals surface area contributed by atoms with Gasteiger partial charge < -0.3 is 10.6 Å². The first-order valence-electron chi connectivity index (χ1n) is 8.61. The molecular formula is C17H32N2O. The molecule has 0 radical (unpaired) electrons. The van der Waals surface area contributed by atoms with E-state index in [0.29, 0.717) is 11.8 Å². The average molecular weight is 280 g/mol. The summed E-state index contributed by atoms with van der Waals surface area (Å²) >= 11 is 0. The van der Waals surface area contributed by atoms with Crippen LogP contribution in [0.5, 0.6) is 0 Å². The molecule has 3 nitrogen and oxygen atoms in total. The van der Waals surface area contributed by atoms with E-state index in [1.807, 2.05) is 0 Å². The van der Waals surface area contributed by atoms with Gasteiger partial charge >= 0.3 is 0 Å². The van der Waals surface area contributed by atoms with Gasteiger partial charge in [-0.3, -0.25) is 4.79 Å². The molecule has 1 saturated heterocycles. The summed E-state index contributed by atoms with van der Waals surface area (Å²) in [6.45, 7) is 7.64. The topological polar surface area (TPSA) is 41.1 Å². The summed E-state index contributed by atoms with van der Waals surface area (Å²) in [5.41, 5.74) is -0.0427.